The van der Waals surface area contributed by atoms with E-state index in [1.54, 1.807) is 36.3 Å². The van der Waals surface area contributed by atoms with Gasteiger partial charge in [0.05, 0.1) is 32.9 Å². The summed E-state index contributed by atoms with van der Waals surface area (Å²) < 4.78 is 15.9. The van der Waals surface area contributed by atoms with E-state index in [1.165, 1.54) is 0 Å². The number of ether oxygens (including phenoxy) is 2. The zero-order valence-corrected chi connectivity index (χ0v) is 16.5. The van der Waals surface area contributed by atoms with Gasteiger partial charge in [-0.2, -0.15) is 0 Å². The van der Waals surface area contributed by atoms with E-state index in [-0.39, 0.29) is 24.2 Å². The number of carbonyl (C=O) groups excluding carboxylic acids is 2. The third-order valence-corrected chi connectivity index (χ3v) is 5.01. The molecule has 1 saturated heterocycles. The lowest BCUT2D eigenvalue weighted by atomic mass is 10.1. The maximum absolute atomic E-state index is 13.0. The predicted octanol–water partition coefficient (Wildman–Crippen LogP) is 2.69. The van der Waals surface area contributed by atoms with E-state index >= 15 is 0 Å². The molecule has 28 heavy (non-hydrogen) atoms. The van der Waals surface area contributed by atoms with Crippen molar-refractivity contribution < 1.29 is 23.5 Å². The summed E-state index contributed by atoms with van der Waals surface area (Å²) in [6.07, 6.45) is 1.82. The van der Waals surface area contributed by atoms with E-state index in [2.05, 4.69) is 0 Å². The topological polar surface area (TPSA) is 72.2 Å². The van der Waals surface area contributed by atoms with Crippen LogP contribution in [0.15, 0.2) is 41.0 Å². The number of likely N-dealkylation sites (tertiary alicyclic amines) is 1. The van der Waals surface area contributed by atoms with Crippen LogP contribution in [0, 0.1) is 5.92 Å². The zero-order chi connectivity index (χ0) is 20.1. The van der Waals surface area contributed by atoms with Crippen LogP contribution in [0.3, 0.4) is 0 Å². The summed E-state index contributed by atoms with van der Waals surface area (Å²) in [5, 5.41) is 0. The van der Waals surface area contributed by atoms with Crippen LogP contribution in [0.5, 0.6) is 11.5 Å². The molecule has 0 radical (unpaired) electrons. The highest BCUT2D eigenvalue weighted by Crippen LogP contribution is 2.29. The maximum Gasteiger partial charge on any atom is 0.228 e. The maximum atomic E-state index is 13.0. The van der Waals surface area contributed by atoms with E-state index in [4.69, 9.17) is 13.9 Å². The first kappa shape index (κ1) is 19.8. The molecular formula is C21H26N2O5. The molecular weight excluding hydrogens is 360 g/mol. The van der Waals surface area contributed by atoms with Crippen LogP contribution in [0.4, 0.5) is 0 Å². The quantitative estimate of drug-likeness (QED) is 0.698. The minimum Gasteiger partial charge on any atom is -0.493 e. The van der Waals surface area contributed by atoms with Gasteiger partial charge in [-0.05, 0) is 36.8 Å². The van der Waals surface area contributed by atoms with Gasteiger partial charge in [-0.25, -0.2) is 0 Å². The molecule has 1 aromatic carbocycles. The first-order valence-electron chi connectivity index (χ1n) is 9.35. The number of furan rings is 1. The standard InChI is InChI=1S/C21H26N2O5/c1-4-22(12-15-7-8-18(26-2)19(10-15)27-3)21(25)16-11-20(24)23(13-16)14-17-6-5-9-28-17/h5-10,16H,4,11-14H2,1-3H3. The first-order valence-corrected chi connectivity index (χ1v) is 9.35. The fraction of sp³-hybridized carbons (Fsp3) is 0.429. The highest BCUT2D eigenvalue weighted by Gasteiger charge is 2.36. The van der Waals surface area contributed by atoms with Crippen molar-refractivity contribution in [1.82, 2.24) is 9.80 Å². The Balaban J connectivity index is 1.66. The molecule has 0 spiro atoms. The minimum absolute atomic E-state index is 0.00687. The van der Waals surface area contributed by atoms with Gasteiger partial charge in [0.2, 0.25) is 11.8 Å². The zero-order valence-electron chi connectivity index (χ0n) is 16.5. The Bertz CT molecular complexity index is 818. The van der Waals surface area contributed by atoms with Gasteiger partial charge in [-0.1, -0.05) is 6.07 Å². The van der Waals surface area contributed by atoms with Gasteiger partial charge in [0.25, 0.3) is 0 Å². The molecule has 1 aromatic heterocycles. The summed E-state index contributed by atoms with van der Waals surface area (Å²) in [5.74, 6) is 1.64. The van der Waals surface area contributed by atoms with Crippen molar-refractivity contribution in [2.45, 2.75) is 26.4 Å². The molecule has 2 aromatic rings. The molecule has 0 N–H and O–H groups in total. The molecule has 1 unspecified atom stereocenters. The van der Waals surface area contributed by atoms with Crippen LogP contribution in [0.1, 0.15) is 24.7 Å². The van der Waals surface area contributed by atoms with Crippen molar-refractivity contribution in [2.75, 3.05) is 27.3 Å². The number of benzene rings is 1. The highest BCUT2D eigenvalue weighted by molar-refractivity contribution is 5.89. The van der Waals surface area contributed by atoms with Crippen LogP contribution in [-0.4, -0.2) is 48.9 Å². The molecule has 2 heterocycles. The van der Waals surface area contributed by atoms with Crippen LogP contribution in [0.2, 0.25) is 0 Å². The molecule has 2 amide bonds. The van der Waals surface area contributed by atoms with E-state index in [0.717, 1.165) is 11.3 Å². The second-order valence-electron chi connectivity index (χ2n) is 6.80. The summed E-state index contributed by atoms with van der Waals surface area (Å²) in [6, 6.07) is 9.24. The van der Waals surface area contributed by atoms with Gasteiger partial charge >= 0.3 is 0 Å². The Hall–Kier alpha value is -2.96. The van der Waals surface area contributed by atoms with E-state index in [9.17, 15) is 9.59 Å². The Morgan fingerprint density at radius 1 is 1.25 bits per heavy atom. The van der Waals surface area contributed by atoms with Crippen molar-refractivity contribution in [1.29, 1.82) is 0 Å². The fourth-order valence-electron chi connectivity index (χ4n) is 3.48. The SMILES string of the molecule is CCN(Cc1ccc(OC)c(OC)c1)C(=O)C1CC(=O)N(Cc2ccco2)C1. The van der Waals surface area contributed by atoms with Crippen LogP contribution < -0.4 is 9.47 Å². The Kier molecular flexibility index (Phi) is 6.23. The number of carbonyl (C=O) groups is 2. The van der Waals surface area contributed by atoms with Gasteiger partial charge in [0, 0.05) is 26.1 Å². The molecule has 1 atom stereocenters. The van der Waals surface area contributed by atoms with Crippen LogP contribution in [-0.2, 0) is 22.7 Å². The molecule has 1 aliphatic heterocycles. The largest absolute Gasteiger partial charge is 0.493 e. The van der Waals surface area contributed by atoms with Gasteiger partial charge in [0.1, 0.15) is 5.76 Å². The van der Waals surface area contributed by atoms with E-state index in [1.807, 2.05) is 31.2 Å². The van der Waals surface area contributed by atoms with Crippen molar-refractivity contribution in [3.05, 3.63) is 47.9 Å². The van der Waals surface area contributed by atoms with Gasteiger partial charge in [-0.3, -0.25) is 9.59 Å². The molecule has 3 rings (SSSR count). The molecule has 7 nitrogen and oxygen atoms in total. The van der Waals surface area contributed by atoms with Crippen molar-refractivity contribution in [2.24, 2.45) is 5.92 Å². The number of hydrogen-bond acceptors (Lipinski definition) is 5. The number of nitrogens with zero attached hydrogens (tertiary/aromatic N) is 2. The monoisotopic (exact) mass is 386 g/mol. The van der Waals surface area contributed by atoms with Crippen LogP contribution in [0.25, 0.3) is 0 Å². The average molecular weight is 386 g/mol. The second-order valence-corrected chi connectivity index (χ2v) is 6.80. The summed E-state index contributed by atoms with van der Waals surface area (Å²) >= 11 is 0. The number of methoxy groups -OCH3 is 2. The lowest BCUT2D eigenvalue weighted by molar-refractivity contribution is -0.136. The fourth-order valence-corrected chi connectivity index (χ4v) is 3.48. The summed E-state index contributed by atoms with van der Waals surface area (Å²) in [5.41, 5.74) is 0.949. The highest BCUT2D eigenvalue weighted by atomic mass is 16.5. The molecule has 150 valence electrons. The van der Waals surface area contributed by atoms with Crippen molar-refractivity contribution >= 4 is 11.8 Å². The van der Waals surface area contributed by atoms with Crippen LogP contribution >= 0.6 is 0 Å². The lowest BCUT2D eigenvalue weighted by Crippen LogP contribution is -2.36. The second kappa shape index (κ2) is 8.82. The van der Waals surface area contributed by atoms with E-state index < -0.39 is 0 Å². The van der Waals surface area contributed by atoms with Crippen molar-refractivity contribution in [3.63, 3.8) is 0 Å². The number of rotatable bonds is 8. The Labute approximate surface area is 164 Å². The van der Waals surface area contributed by atoms with Gasteiger partial charge in [-0.15, -0.1) is 0 Å². The smallest absolute Gasteiger partial charge is 0.228 e. The molecule has 0 saturated carbocycles. The summed E-state index contributed by atoms with van der Waals surface area (Å²) in [7, 11) is 3.17. The van der Waals surface area contributed by atoms with Gasteiger partial charge in [0.15, 0.2) is 11.5 Å². The number of hydrogen-bond donors (Lipinski definition) is 0. The summed E-state index contributed by atoms with van der Waals surface area (Å²) in [6.45, 7) is 3.78. The number of amides is 2. The predicted molar refractivity (Wildman–Crippen MR) is 103 cm³/mol. The lowest BCUT2D eigenvalue weighted by Gasteiger charge is -2.24. The molecule has 7 heteroatoms. The third-order valence-electron chi connectivity index (χ3n) is 5.01. The minimum atomic E-state index is -0.331. The molecule has 1 fully saturated rings. The Morgan fingerprint density at radius 2 is 2.04 bits per heavy atom. The summed E-state index contributed by atoms with van der Waals surface area (Å²) in [4.78, 5) is 28.8. The molecule has 1 aliphatic rings. The van der Waals surface area contributed by atoms with Crippen molar-refractivity contribution in [3.8, 4) is 11.5 Å². The molecule has 0 bridgehead atoms. The third kappa shape index (κ3) is 4.30. The normalized spacial score (nSPS) is 16.3. The van der Waals surface area contributed by atoms with E-state index in [0.29, 0.717) is 37.7 Å². The Morgan fingerprint density at radius 3 is 2.68 bits per heavy atom. The first-order chi connectivity index (χ1) is 13.5. The molecule has 0 aliphatic carbocycles. The van der Waals surface area contributed by atoms with Gasteiger partial charge < -0.3 is 23.7 Å². The average Bonchev–Trinajstić information content (AvgIpc) is 3.35.